The zero-order valence-electron chi connectivity index (χ0n) is 16.2. The van der Waals surface area contributed by atoms with Gasteiger partial charge in [-0.25, -0.2) is 0 Å². The zero-order chi connectivity index (χ0) is 22.5. The summed E-state index contributed by atoms with van der Waals surface area (Å²) < 4.78 is 11.8. The van der Waals surface area contributed by atoms with E-state index in [1.807, 2.05) is 0 Å². The number of carbonyl (C=O) groups excluding carboxylic acids is 2. The lowest BCUT2D eigenvalue weighted by Crippen LogP contribution is -2.28. The number of nitro groups is 1. The molecule has 0 saturated carbocycles. The summed E-state index contributed by atoms with van der Waals surface area (Å²) in [6.07, 6.45) is 6.77. The Morgan fingerprint density at radius 2 is 2.10 bits per heavy atom. The van der Waals surface area contributed by atoms with E-state index in [4.69, 9.17) is 15.9 Å². The van der Waals surface area contributed by atoms with Crippen molar-refractivity contribution in [1.29, 1.82) is 0 Å². The highest BCUT2D eigenvalue weighted by Gasteiger charge is 2.34. The molecule has 0 atom stereocenters. The fraction of sp³-hybridized carbons (Fsp3) is 0.143. The normalized spacial score (nSPS) is 14.6. The molecule has 0 unspecified atom stereocenters. The van der Waals surface area contributed by atoms with Crippen molar-refractivity contribution in [2.75, 3.05) is 13.7 Å². The molecular weight excluding hydrogens is 488 g/mol. The number of halogens is 1. The maximum Gasteiger partial charge on any atom is 0.294 e. The Morgan fingerprint density at radius 3 is 2.77 bits per heavy atom. The van der Waals surface area contributed by atoms with Crippen molar-refractivity contribution in [3.8, 4) is 23.8 Å². The van der Waals surface area contributed by atoms with Crippen LogP contribution in [-0.4, -0.2) is 34.6 Å². The minimum absolute atomic E-state index is 0.0266. The van der Waals surface area contributed by atoms with E-state index < -0.39 is 16.1 Å². The van der Waals surface area contributed by atoms with Crippen LogP contribution >= 0.6 is 27.7 Å². The van der Waals surface area contributed by atoms with Gasteiger partial charge < -0.3 is 9.47 Å². The number of carbonyl (C=O) groups is 2. The molecule has 8 nitrogen and oxygen atoms in total. The summed E-state index contributed by atoms with van der Waals surface area (Å²) in [5, 5.41) is 10.5. The molecule has 0 radical (unpaired) electrons. The van der Waals surface area contributed by atoms with Gasteiger partial charge in [0.25, 0.3) is 16.8 Å². The van der Waals surface area contributed by atoms with Gasteiger partial charge >= 0.3 is 0 Å². The van der Waals surface area contributed by atoms with Gasteiger partial charge in [-0.15, -0.1) is 6.42 Å². The van der Waals surface area contributed by atoms with Gasteiger partial charge in [-0.2, -0.15) is 0 Å². The molecule has 1 heterocycles. The maximum atomic E-state index is 12.4. The lowest BCUT2D eigenvalue weighted by Gasteiger charge is -2.14. The first-order valence-electron chi connectivity index (χ1n) is 8.76. The molecule has 31 heavy (non-hydrogen) atoms. The number of thioether (sulfide) groups is 1. The molecule has 0 aromatic heterocycles. The molecule has 158 valence electrons. The molecule has 0 spiro atoms. The fourth-order valence-corrected chi connectivity index (χ4v) is 4.17. The molecule has 0 bridgehead atoms. The predicted molar refractivity (Wildman–Crippen MR) is 120 cm³/mol. The van der Waals surface area contributed by atoms with E-state index >= 15 is 0 Å². The molecule has 3 rings (SSSR count). The standard InChI is InChI=1S/C21H15BrN2O6S/c1-3-7-23-20(25)18(31-21(23)26)11-14-9-16(22)19(17(10-14)29-2)30-12-13-5-4-6-15(8-13)24(27)28/h1,4-6,8-11H,7,12H2,2H3/b18-11+. The number of ether oxygens (including phenoxy) is 2. The van der Waals surface area contributed by atoms with Crippen molar-refractivity contribution < 1.29 is 24.0 Å². The molecule has 1 aliphatic rings. The number of non-ortho nitro benzene ring substituents is 1. The molecule has 2 aromatic rings. The number of nitrogens with zero attached hydrogens (tertiary/aromatic N) is 2. The third-order valence-electron chi connectivity index (χ3n) is 4.18. The fourth-order valence-electron chi connectivity index (χ4n) is 2.76. The number of hydrogen-bond donors (Lipinski definition) is 0. The van der Waals surface area contributed by atoms with Gasteiger partial charge in [-0.05, 0) is 57.0 Å². The topological polar surface area (TPSA) is 99.0 Å². The molecule has 1 fully saturated rings. The molecular formula is C21H15BrN2O6S. The number of terminal acetylenes is 1. The van der Waals surface area contributed by atoms with Crippen LogP contribution in [-0.2, 0) is 11.4 Å². The minimum atomic E-state index is -0.472. The molecule has 0 N–H and O–H groups in total. The average Bonchev–Trinajstić information content (AvgIpc) is 3.00. The average molecular weight is 503 g/mol. The second kappa shape index (κ2) is 9.68. The van der Waals surface area contributed by atoms with Crippen molar-refractivity contribution in [3.05, 3.63) is 67.0 Å². The second-order valence-corrected chi connectivity index (χ2v) is 8.07. The lowest BCUT2D eigenvalue weighted by molar-refractivity contribution is -0.384. The first-order chi connectivity index (χ1) is 14.8. The first-order valence-corrected chi connectivity index (χ1v) is 10.4. The lowest BCUT2D eigenvalue weighted by atomic mass is 10.1. The van der Waals surface area contributed by atoms with E-state index in [1.165, 1.54) is 19.2 Å². The summed E-state index contributed by atoms with van der Waals surface area (Å²) in [6, 6.07) is 9.50. The summed E-state index contributed by atoms with van der Waals surface area (Å²) in [5.41, 5.74) is 1.20. The summed E-state index contributed by atoms with van der Waals surface area (Å²) in [5.74, 6) is 2.62. The van der Waals surface area contributed by atoms with Gasteiger partial charge in [0.2, 0.25) is 0 Å². The highest BCUT2D eigenvalue weighted by molar-refractivity contribution is 9.10. The van der Waals surface area contributed by atoms with E-state index in [0.717, 1.165) is 16.7 Å². The van der Waals surface area contributed by atoms with E-state index in [-0.39, 0.29) is 23.7 Å². The number of benzene rings is 2. The number of methoxy groups -OCH3 is 1. The Labute approximate surface area is 190 Å². The number of amides is 2. The van der Waals surface area contributed by atoms with Gasteiger partial charge in [0, 0.05) is 12.1 Å². The quantitative estimate of drug-likeness (QED) is 0.235. The van der Waals surface area contributed by atoms with Gasteiger partial charge in [-0.1, -0.05) is 18.1 Å². The second-order valence-electron chi connectivity index (χ2n) is 6.22. The van der Waals surface area contributed by atoms with Crippen LogP contribution in [0.25, 0.3) is 6.08 Å². The zero-order valence-corrected chi connectivity index (χ0v) is 18.6. The Kier molecular flexibility index (Phi) is 6.99. The number of hydrogen-bond acceptors (Lipinski definition) is 7. The Morgan fingerprint density at radius 1 is 1.32 bits per heavy atom. The third kappa shape index (κ3) is 5.07. The molecule has 1 saturated heterocycles. The summed E-state index contributed by atoms with van der Waals surface area (Å²) >= 11 is 4.24. The van der Waals surface area contributed by atoms with Crippen molar-refractivity contribution in [3.63, 3.8) is 0 Å². The van der Waals surface area contributed by atoms with Crippen LogP contribution in [0.2, 0.25) is 0 Å². The van der Waals surface area contributed by atoms with Gasteiger partial charge in [0.15, 0.2) is 11.5 Å². The molecule has 2 aromatic carbocycles. The number of imide groups is 1. The van der Waals surface area contributed by atoms with E-state index in [2.05, 4.69) is 21.9 Å². The van der Waals surface area contributed by atoms with Crippen LogP contribution in [0, 0.1) is 22.5 Å². The SMILES string of the molecule is C#CCN1C(=O)S/C(=C/c2cc(Br)c(OCc3cccc([N+](=O)[O-])c3)c(OC)c2)C1=O. The molecule has 10 heteroatoms. The first kappa shape index (κ1) is 22.4. The van der Waals surface area contributed by atoms with Gasteiger partial charge in [0.1, 0.15) is 6.61 Å². The van der Waals surface area contributed by atoms with Crippen molar-refractivity contribution >= 4 is 50.6 Å². The van der Waals surface area contributed by atoms with Crippen molar-refractivity contribution in [2.24, 2.45) is 0 Å². The molecule has 1 aliphatic heterocycles. The summed E-state index contributed by atoms with van der Waals surface area (Å²) in [6.45, 7) is 0.000409. The van der Waals surface area contributed by atoms with Crippen molar-refractivity contribution in [1.82, 2.24) is 4.90 Å². The Balaban J connectivity index is 1.83. The number of nitro benzene ring substituents is 1. The minimum Gasteiger partial charge on any atom is -0.493 e. The Hall–Kier alpha value is -3.29. The number of rotatable bonds is 7. The van der Waals surface area contributed by atoms with E-state index in [1.54, 1.807) is 30.3 Å². The molecule has 2 amide bonds. The highest BCUT2D eigenvalue weighted by atomic mass is 79.9. The monoisotopic (exact) mass is 502 g/mol. The summed E-state index contributed by atoms with van der Waals surface area (Å²) in [7, 11) is 1.46. The maximum absolute atomic E-state index is 12.4. The van der Waals surface area contributed by atoms with Gasteiger partial charge in [-0.3, -0.25) is 24.6 Å². The van der Waals surface area contributed by atoms with E-state index in [9.17, 15) is 19.7 Å². The van der Waals surface area contributed by atoms with Crippen LogP contribution in [0.5, 0.6) is 11.5 Å². The summed E-state index contributed by atoms with van der Waals surface area (Å²) in [4.78, 5) is 36.0. The molecule has 0 aliphatic carbocycles. The third-order valence-corrected chi connectivity index (χ3v) is 5.67. The largest absolute Gasteiger partial charge is 0.493 e. The Bertz CT molecular complexity index is 1140. The van der Waals surface area contributed by atoms with Crippen LogP contribution in [0.4, 0.5) is 10.5 Å². The van der Waals surface area contributed by atoms with Crippen LogP contribution < -0.4 is 9.47 Å². The van der Waals surface area contributed by atoms with Crippen LogP contribution in [0.15, 0.2) is 45.8 Å². The van der Waals surface area contributed by atoms with Crippen LogP contribution in [0.3, 0.4) is 0 Å². The van der Waals surface area contributed by atoms with Crippen molar-refractivity contribution in [2.45, 2.75) is 6.61 Å². The van der Waals surface area contributed by atoms with Gasteiger partial charge in [0.05, 0.1) is 28.0 Å². The van der Waals surface area contributed by atoms with E-state index in [0.29, 0.717) is 27.1 Å². The highest BCUT2D eigenvalue weighted by Crippen LogP contribution is 2.39. The van der Waals surface area contributed by atoms with Crippen LogP contribution in [0.1, 0.15) is 11.1 Å². The predicted octanol–water partition coefficient (Wildman–Crippen LogP) is 4.61. The smallest absolute Gasteiger partial charge is 0.294 e.